The van der Waals surface area contributed by atoms with Crippen LogP contribution in [-0.4, -0.2) is 11.7 Å². The van der Waals surface area contributed by atoms with Gasteiger partial charge in [0.05, 0.1) is 0 Å². The van der Waals surface area contributed by atoms with Gasteiger partial charge in [0.1, 0.15) is 12.4 Å². The predicted octanol–water partition coefficient (Wildman–Crippen LogP) is 5.19. The third kappa shape index (κ3) is 5.07. The second kappa shape index (κ2) is 8.86. The maximum Gasteiger partial charge on any atom is 0.119 e. The number of rotatable bonds is 7. The van der Waals surface area contributed by atoms with Gasteiger partial charge in [0.15, 0.2) is 0 Å². The van der Waals surface area contributed by atoms with Crippen LogP contribution in [0.1, 0.15) is 23.1 Å². The molecule has 3 aromatic rings. The van der Waals surface area contributed by atoms with E-state index in [0.717, 1.165) is 28.0 Å². The number of ether oxygens (including phenoxy) is 1. The zero-order valence-corrected chi connectivity index (χ0v) is 14.1. The highest BCUT2D eigenvalue weighted by Crippen LogP contribution is 2.23. The van der Waals surface area contributed by atoms with E-state index in [1.54, 1.807) is 0 Å². The summed E-state index contributed by atoms with van der Waals surface area (Å²) in [6.45, 7) is 0.703. The molecule has 0 fully saturated rings. The highest BCUT2D eigenvalue weighted by molar-refractivity contribution is 5.81. The summed E-state index contributed by atoms with van der Waals surface area (Å²) in [5.74, 6) is 0.851. The van der Waals surface area contributed by atoms with Gasteiger partial charge >= 0.3 is 0 Å². The summed E-state index contributed by atoms with van der Waals surface area (Å²) in [6, 6.07) is 28.3. The fraction of sp³-hybridized carbons (Fsp3) is 0.130. The molecule has 1 N–H and O–H groups in total. The molecule has 0 aromatic heterocycles. The van der Waals surface area contributed by atoms with Crippen molar-refractivity contribution in [2.24, 2.45) is 0 Å². The lowest BCUT2D eigenvalue weighted by molar-refractivity contribution is 0.305. The van der Waals surface area contributed by atoms with E-state index in [2.05, 4.69) is 30.3 Å². The monoisotopic (exact) mass is 330 g/mol. The molecule has 0 radical (unpaired) electrons. The molecular weight excluding hydrogens is 308 g/mol. The number of hydrogen-bond donors (Lipinski definition) is 1. The molecule has 0 atom stereocenters. The minimum atomic E-state index is 0.138. The topological polar surface area (TPSA) is 29.5 Å². The van der Waals surface area contributed by atoms with Crippen LogP contribution in [0.25, 0.3) is 11.6 Å². The van der Waals surface area contributed by atoms with Crippen LogP contribution in [0.3, 0.4) is 0 Å². The van der Waals surface area contributed by atoms with Gasteiger partial charge in [0, 0.05) is 6.61 Å². The Morgan fingerprint density at radius 2 is 1.44 bits per heavy atom. The lowest BCUT2D eigenvalue weighted by Crippen LogP contribution is -1.94. The Kier molecular flexibility index (Phi) is 6.02. The van der Waals surface area contributed by atoms with E-state index >= 15 is 0 Å². The fourth-order valence-corrected chi connectivity index (χ4v) is 2.67. The molecule has 0 heterocycles. The molecule has 3 aromatic carbocycles. The molecule has 0 aliphatic rings. The first-order chi connectivity index (χ1) is 12.3. The molecule has 0 bridgehead atoms. The zero-order valence-electron chi connectivity index (χ0n) is 14.1. The molecule has 0 amide bonds. The van der Waals surface area contributed by atoms with E-state index in [1.165, 1.54) is 0 Å². The first-order valence-corrected chi connectivity index (χ1v) is 8.49. The number of aliphatic hydroxyl groups is 1. The van der Waals surface area contributed by atoms with Gasteiger partial charge in [0.25, 0.3) is 0 Å². The Hall–Kier alpha value is -2.84. The van der Waals surface area contributed by atoms with Crippen molar-refractivity contribution in [3.05, 3.63) is 102 Å². The van der Waals surface area contributed by atoms with Crippen LogP contribution < -0.4 is 4.74 Å². The van der Waals surface area contributed by atoms with Gasteiger partial charge in [-0.1, -0.05) is 78.9 Å². The van der Waals surface area contributed by atoms with Crippen LogP contribution in [0.4, 0.5) is 0 Å². The first-order valence-electron chi connectivity index (χ1n) is 8.49. The van der Waals surface area contributed by atoms with Gasteiger partial charge in [-0.15, -0.1) is 0 Å². The quantitative estimate of drug-likeness (QED) is 0.604. The smallest absolute Gasteiger partial charge is 0.119 e. The van der Waals surface area contributed by atoms with Crippen LogP contribution in [-0.2, 0) is 6.61 Å². The molecule has 126 valence electrons. The summed E-state index contributed by atoms with van der Waals surface area (Å²) in [5.41, 5.74) is 4.52. The maximum atomic E-state index is 9.34. The molecule has 0 aliphatic heterocycles. The number of hydrogen-bond acceptors (Lipinski definition) is 2. The second-order valence-corrected chi connectivity index (χ2v) is 5.85. The summed E-state index contributed by atoms with van der Waals surface area (Å²) in [7, 11) is 0. The molecule has 0 saturated heterocycles. The Labute approximate surface area is 149 Å². The SMILES string of the molecule is OCCC(=Cc1ccc(OCc2ccccc2)cc1)c1ccccc1. The molecule has 0 aliphatic carbocycles. The van der Waals surface area contributed by atoms with Gasteiger partial charge in [-0.25, -0.2) is 0 Å². The Balaban J connectivity index is 1.70. The van der Waals surface area contributed by atoms with Crippen molar-refractivity contribution in [3.8, 4) is 5.75 Å². The van der Waals surface area contributed by atoms with E-state index in [1.807, 2.05) is 60.7 Å². The zero-order chi connectivity index (χ0) is 17.3. The number of aliphatic hydroxyl groups excluding tert-OH is 1. The van der Waals surface area contributed by atoms with Crippen molar-refractivity contribution in [3.63, 3.8) is 0 Å². The van der Waals surface area contributed by atoms with Crippen molar-refractivity contribution in [2.75, 3.05) is 6.61 Å². The van der Waals surface area contributed by atoms with Crippen molar-refractivity contribution < 1.29 is 9.84 Å². The van der Waals surface area contributed by atoms with Crippen molar-refractivity contribution >= 4 is 11.6 Å². The first kappa shape index (κ1) is 17.0. The van der Waals surface area contributed by atoms with E-state index < -0.39 is 0 Å². The predicted molar refractivity (Wildman–Crippen MR) is 103 cm³/mol. The average Bonchev–Trinajstić information content (AvgIpc) is 2.68. The summed E-state index contributed by atoms with van der Waals surface area (Å²) >= 11 is 0. The second-order valence-electron chi connectivity index (χ2n) is 5.85. The standard InChI is InChI=1S/C23H22O2/c24-16-15-22(21-9-5-2-6-10-21)17-19-11-13-23(14-12-19)25-18-20-7-3-1-4-8-20/h1-14,17,24H,15-16,18H2. The molecule has 3 rings (SSSR count). The fourth-order valence-electron chi connectivity index (χ4n) is 2.67. The third-order valence-electron chi connectivity index (χ3n) is 4.00. The Morgan fingerprint density at radius 3 is 2.08 bits per heavy atom. The van der Waals surface area contributed by atoms with Crippen LogP contribution in [0.15, 0.2) is 84.9 Å². The van der Waals surface area contributed by atoms with Crippen LogP contribution in [0, 0.1) is 0 Å². The summed E-state index contributed by atoms with van der Waals surface area (Å²) in [5, 5.41) is 9.34. The third-order valence-corrected chi connectivity index (χ3v) is 4.00. The largest absolute Gasteiger partial charge is 0.489 e. The van der Waals surface area contributed by atoms with Crippen molar-refractivity contribution in [1.29, 1.82) is 0 Å². The van der Waals surface area contributed by atoms with Gasteiger partial charge < -0.3 is 9.84 Å². The van der Waals surface area contributed by atoms with Gasteiger partial charge in [0.2, 0.25) is 0 Å². The minimum absolute atomic E-state index is 0.138. The van der Waals surface area contributed by atoms with Crippen molar-refractivity contribution in [1.82, 2.24) is 0 Å². The lowest BCUT2D eigenvalue weighted by Gasteiger charge is -2.08. The summed E-state index contributed by atoms with van der Waals surface area (Å²) in [4.78, 5) is 0. The molecule has 0 spiro atoms. The van der Waals surface area contributed by atoms with Gasteiger partial charge in [-0.05, 0) is 40.8 Å². The molecular formula is C23H22O2. The van der Waals surface area contributed by atoms with Crippen LogP contribution in [0.5, 0.6) is 5.75 Å². The van der Waals surface area contributed by atoms with Gasteiger partial charge in [-0.2, -0.15) is 0 Å². The average molecular weight is 330 g/mol. The molecule has 0 unspecified atom stereocenters. The molecule has 2 nitrogen and oxygen atoms in total. The highest BCUT2D eigenvalue weighted by atomic mass is 16.5. The molecule has 2 heteroatoms. The summed E-state index contributed by atoms with van der Waals surface area (Å²) in [6.07, 6.45) is 2.75. The van der Waals surface area contributed by atoms with E-state index in [-0.39, 0.29) is 6.61 Å². The lowest BCUT2D eigenvalue weighted by atomic mass is 10.0. The normalized spacial score (nSPS) is 11.3. The minimum Gasteiger partial charge on any atom is -0.489 e. The van der Waals surface area contributed by atoms with E-state index in [0.29, 0.717) is 13.0 Å². The van der Waals surface area contributed by atoms with E-state index in [4.69, 9.17) is 4.74 Å². The van der Waals surface area contributed by atoms with Crippen molar-refractivity contribution in [2.45, 2.75) is 13.0 Å². The summed E-state index contributed by atoms with van der Waals surface area (Å²) < 4.78 is 5.82. The molecule has 25 heavy (non-hydrogen) atoms. The Morgan fingerprint density at radius 1 is 0.800 bits per heavy atom. The van der Waals surface area contributed by atoms with E-state index in [9.17, 15) is 5.11 Å². The van der Waals surface area contributed by atoms with Crippen LogP contribution >= 0.6 is 0 Å². The maximum absolute atomic E-state index is 9.34. The Bertz CT molecular complexity index is 791. The highest BCUT2D eigenvalue weighted by Gasteiger charge is 2.02. The molecule has 0 saturated carbocycles. The van der Waals surface area contributed by atoms with Gasteiger partial charge in [-0.3, -0.25) is 0 Å². The number of benzene rings is 3. The van der Waals surface area contributed by atoms with Crippen LogP contribution in [0.2, 0.25) is 0 Å².